The molecular weight excluding hydrogens is 344 g/mol. The number of hydrogen-bond donors (Lipinski definition) is 1. The summed E-state index contributed by atoms with van der Waals surface area (Å²) in [5.41, 5.74) is 1.13. The van der Waals surface area contributed by atoms with E-state index in [4.69, 9.17) is 4.74 Å². The SMILES string of the molecule is Cc1ccnc(Nc2ccc(N3CCN(C(=O)[C@@H]4CCCO4)CC3)nn2)c1. The Morgan fingerprint density at radius 1 is 1.15 bits per heavy atom. The molecule has 8 heteroatoms. The Bertz CT molecular complexity index is 783. The second-order valence-corrected chi connectivity index (χ2v) is 6.93. The Morgan fingerprint density at radius 2 is 2.00 bits per heavy atom. The summed E-state index contributed by atoms with van der Waals surface area (Å²) in [6, 6.07) is 7.75. The van der Waals surface area contributed by atoms with E-state index in [1.807, 2.05) is 36.1 Å². The van der Waals surface area contributed by atoms with E-state index in [1.165, 1.54) is 0 Å². The van der Waals surface area contributed by atoms with Crippen LogP contribution in [-0.4, -0.2) is 64.9 Å². The Kier molecular flexibility index (Phi) is 5.15. The highest BCUT2D eigenvalue weighted by atomic mass is 16.5. The first-order valence-electron chi connectivity index (χ1n) is 9.38. The van der Waals surface area contributed by atoms with Crippen molar-refractivity contribution in [3.8, 4) is 0 Å². The van der Waals surface area contributed by atoms with Crippen molar-refractivity contribution in [3.63, 3.8) is 0 Å². The van der Waals surface area contributed by atoms with Crippen LogP contribution in [0.1, 0.15) is 18.4 Å². The van der Waals surface area contributed by atoms with E-state index in [9.17, 15) is 4.79 Å². The fourth-order valence-corrected chi connectivity index (χ4v) is 3.43. The average molecular weight is 368 g/mol. The number of nitrogens with one attached hydrogen (secondary N) is 1. The van der Waals surface area contributed by atoms with Crippen molar-refractivity contribution in [1.82, 2.24) is 20.1 Å². The van der Waals surface area contributed by atoms with Gasteiger partial charge >= 0.3 is 0 Å². The van der Waals surface area contributed by atoms with Gasteiger partial charge in [0.25, 0.3) is 5.91 Å². The van der Waals surface area contributed by atoms with E-state index in [1.54, 1.807) is 6.20 Å². The number of hydrogen-bond acceptors (Lipinski definition) is 7. The van der Waals surface area contributed by atoms with Crippen molar-refractivity contribution >= 4 is 23.4 Å². The number of nitrogens with zero attached hydrogens (tertiary/aromatic N) is 5. The van der Waals surface area contributed by atoms with E-state index in [-0.39, 0.29) is 12.0 Å². The minimum Gasteiger partial charge on any atom is -0.368 e. The van der Waals surface area contributed by atoms with Crippen molar-refractivity contribution in [1.29, 1.82) is 0 Å². The largest absolute Gasteiger partial charge is 0.368 e. The number of rotatable bonds is 4. The zero-order valence-corrected chi connectivity index (χ0v) is 15.5. The molecule has 0 unspecified atom stereocenters. The number of aryl methyl sites for hydroxylation is 1. The molecule has 0 radical (unpaired) electrons. The first kappa shape index (κ1) is 17.7. The summed E-state index contributed by atoms with van der Waals surface area (Å²) < 4.78 is 5.51. The number of carbonyl (C=O) groups is 1. The molecule has 0 aromatic carbocycles. The van der Waals surface area contributed by atoms with Crippen molar-refractivity contribution in [2.45, 2.75) is 25.9 Å². The second kappa shape index (κ2) is 7.87. The molecule has 27 heavy (non-hydrogen) atoms. The molecule has 0 spiro atoms. The number of piperazine rings is 1. The number of amides is 1. The first-order chi connectivity index (χ1) is 13.2. The van der Waals surface area contributed by atoms with Gasteiger partial charge in [-0.1, -0.05) is 0 Å². The predicted octanol–water partition coefficient (Wildman–Crippen LogP) is 1.75. The van der Waals surface area contributed by atoms with Crippen LogP contribution >= 0.6 is 0 Å². The van der Waals surface area contributed by atoms with Gasteiger partial charge in [0.1, 0.15) is 11.9 Å². The van der Waals surface area contributed by atoms with Crippen molar-refractivity contribution in [2.75, 3.05) is 43.0 Å². The molecule has 8 nitrogen and oxygen atoms in total. The van der Waals surface area contributed by atoms with Crippen molar-refractivity contribution in [2.24, 2.45) is 0 Å². The van der Waals surface area contributed by atoms with E-state index in [2.05, 4.69) is 25.4 Å². The van der Waals surface area contributed by atoms with Crippen LogP contribution in [0.4, 0.5) is 17.5 Å². The summed E-state index contributed by atoms with van der Waals surface area (Å²) in [6.45, 7) is 5.59. The number of carbonyl (C=O) groups excluding carboxylic acids is 1. The van der Waals surface area contributed by atoms with Crippen LogP contribution in [-0.2, 0) is 9.53 Å². The lowest BCUT2D eigenvalue weighted by atomic mass is 10.2. The normalized spacial score (nSPS) is 20.0. The Balaban J connectivity index is 1.32. The van der Waals surface area contributed by atoms with Crippen LogP contribution in [0.3, 0.4) is 0 Å². The van der Waals surface area contributed by atoms with Crippen LogP contribution in [0.5, 0.6) is 0 Å². The lowest BCUT2D eigenvalue weighted by molar-refractivity contribution is -0.141. The van der Waals surface area contributed by atoms with Gasteiger partial charge in [0, 0.05) is 39.0 Å². The summed E-state index contributed by atoms with van der Waals surface area (Å²) in [5, 5.41) is 11.7. The topological polar surface area (TPSA) is 83.5 Å². The third kappa shape index (κ3) is 4.16. The molecule has 1 atom stereocenters. The van der Waals surface area contributed by atoms with Gasteiger partial charge in [-0.05, 0) is 49.6 Å². The van der Waals surface area contributed by atoms with Gasteiger partial charge in [0.05, 0.1) is 0 Å². The molecule has 4 heterocycles. The number of aromatic nitrogens is 3. The number of anilines is 3. The maximum absolute atomic E-state index is 12.4. The van der Waals surface area contributed by atoms with Gasteiger partial charge in [-0.3, -0.25) is 4.79 Å². The molecule has 2 saturated heterocycles. The van der Waals surface area contributed by atoms with Gasteiger partial charge in [0.15, 0.2) is 11.6 Å². The number of pyridine rings is 1. The molecule has 2 aromatic heterocycles. The lowest BCUT2D eigenvalue weighted by Gasteiger charge is -2.36. The van der Waals surface area contributed by atoms with E-state index in [0.29, 0.717) is 25.5 Å². The van der Waals surface area contributed by atoms with Crippen LogP contribution < -0.4 is 10.2 Å². The second-order valence-electron chi connectivity index (χ2n) is 6.93. The molecule has 0 aliphatic carbocycles. The van der Waals surface area contributed by atoms with Gasteiger partial charge < -0.3 is 19.9 Å². The van der Waals surface area contributed by atoms with Gasteiger partial charge in [-0.25, -0.2) is 4.98 Å². The molecule has 0 saturated carbocycles. The summed E-state index contributed by atoms with van der Waals surface area (Å²) in [7, 11) is 0. The molecule has 2 aromatic rings. The first-order valence-corrected chi connectivity index (χ1v) is 9.38. The van der Waals surface area contributed by atoms with Crippen LogP contribution in [0.25, 0.3) is 0 Å². The molecule has 1 amide bonds. The van der Waals surface area contributed by atoms with E-state index >= 15 is 0 Å². The highest BCUT2D eigenvalue weighted by molar-refractivity contribution is 5.81. The van der Waals surface area contributed by atoms with E-state index in [0.717, 1.165) is 43.1 Å². The highest BCUT2D eigenvalue weighted by Gasteiger charge is 2.30. The lowest BCUT2D eigenvalue weighted by Crippen LogP contribution is -2.51. The van der Waals surface area contributed by atoms with E-state index < -0.39 is 0 Å². The third-order valence-electron chi connectivity index (χ3n) is 4.94. The minimum atomic E-state index is -0.239. The number of ether oxygens (including phenoxy) is 1. The fourth-order valence-electron chi connectivity index (χ4n) is 3.43. The zero-order valence-electron chi connectivity index (χ0n) is 15.5. The summed E-state index contributed by atoms with van der Waals surface area (Å²) in [6.07, 6.45) is 3.34. The average Bonchev–Trinajstić information content (AvgIpc) is 3.23. The molecule has 0 bridgehead atoms. The standard InChI is InChI=1S/C19H24N6O2/c1-14-6-7-20-17(13-14)21-16-4-5-18(23-22-16)24-8-10-25(11-9-24)19(26)15-3-2-12-27-15/h4-7,13,15H,2-3,8-12H2,1H3,(H,20,21,22)/t15-/m0/s1. The molecular formula is C19H24N6O2. The molecule has 2 aliphatic heterocycles. The zero-order chi connectivity index (χ0) is 18.6. The maximum Gasteiger partial charge on any atom is 0.251 e. The van der Waals surface area contributed by atoms with Gasteiger partial charge in [-0.2, -0.15) is 0 Å². The minimum absolute atomic E-state index is 0.128. The maximum atomic E-state index is 12.4. The molecule has 4 rings (SSSR count). The predicted molar refractivity (Wildman–Crippen MR) is 102 cm³/mol. The van der Waals surface area contributed by atoms with Crippen LogP contribution in [0.15, 0.2) is 30.5 Å². The molecule has 2 aliphatic rings. The van der Waals surface area contributed by atoms with Crippen LogP contribution in [0, 0.1) is 6.92 Å². The molecule has 142 valence electrons. The summed E-state index contributed by atoms with van der Waals surface area (Å²) in [5.74, 6) is 2.35. The Labute approximate surface area is 158 Å². The van der Waals surface area contributed by atoms with Crippen LogP contribution in [0.2, 0.25) is 0 Å². The smallest absolute Gasteiger partial charge is 0.251 e. The Hall–Kier alpha value is -2.74. The summed E-state index contributed by atoms with van der Waals surface area (Å²) in [4.78, 5) is 20.7. The highest BCUT2D eigenvalue weighted by Crippen LogP contribution is 2.19. The quantitative estimate of drug-likeness (QED) is 0.880. The monoisotopic (exact) mass is 368 g/mol. The third-order valence-corrected chi connectivity index (χ3v) is 4.94. The molecule has 1 N–H and O–H groups in total. The van der Waals surface area contributed by atoms with Gasteiger partial charge in [0.2, 0.25) is 0 Å². The van der Waals surface area contributed by atoms with Gasteiger partial charge in [-0.15, -0.1) is 10.2 Å². The fraction of sp³-hybridized carbons (Fsp3) is 0.474. The van der Waals surface area contributed by atoms with Crippen molar-refractivity contribution in [3.05, 3.63) is 36.0 Å². The Morgan fingerprint density at radius 3 is 2.67 bits per heavy atom. The molecule has 2 fully saturated rings. The summed E-state index contributed by atoms with van der Waals surface area (Å²) >= 11 is 0. The van der Waals surface area contributed by atoms with Crippen molar-refractivity contribution < 1.29 is 9.53 Å².